The van der Waals surface area contributed by atoms with Gasteiger partial charge in [-0.05, 0) is 66.9 Å². The number of fused-ring (bicyclic) bond motifs is 1. The van der Waals surface area contributed by atoms with E-state index in [0.717, 1.165) is 54.6 Å². The number of methoxy groups -OCH3 is 1. The molecule has 0 aliphatic carbocycles. The first-order chi connectivity index (χ1) is 16.6. The molecule has 4 aromatic rings. The van der Waals surface area contributed by atoms with Crippen molar-refractivity contribution >= 4 is 28.2 Å². The van der Waals surface area contributed by atoms with Crippen LogP contribution in [0.25, 0.3) is 10.9 Å². The van der Waals surface area contributed by atoms with Crippen molar-refractivity contribution in [3.05, 3.63) is 101 Å². The summed E-state index contributed by atoms with van der Waals surface area (Å²) >= 11 is 6.09. The molecule has 0 aliphatic heterocycles. The molecule has 34 heavy (non-hydrogen) atoms. The van der Waals surface area contributed by atoms with Gasteiger partial charge in [-0.3, -0.25) is 9.88 Å². The predicted molar refractivity (Wildman–Crippen MR) is 138 cm³/mol. The molecule has 0 saturated heterocycles. The molecule has 0 aliphatic rings. The van der Waals surface area contributed by atoms with Gasteiger partial charge in [-0.25, -0.2) is 4.39 Å². The molecule has 0 spiro atoms. The van der Waals surface area contributed by atoms with Crippen LogP contribution in [0.5, 0.6) is 5.75 Å². The molecule has 3 aromatic carbocycles. The van der Waals surface area contributed by atoms with Gasteiger partial charge in [-0.15, -0.1) is 0 Å². The molecule has 0 atom stereocenters. The monoisotopic (exact) mass is 477 g/mol. The molecule has 1 N–H and O–H groups in total. The van der Waals surface area contributed by atoms with Crippen LogP contribution in [0, 0.1) is 5.82 Å². The molecule has 4 rings (SSSR count). The lowest BCUT2D eigenvalue weighted by atomic mass is 10.1. The lowest BCUT2D eigenvalue weighted by Gasteiger charge is -2.23. The highest BCUT2D eigenvalue weighted by Gasteiger charge is 2.10. The van der Waals surface area contributed by atoms with Crippen molar-refractivity contribution in [1.29, 1.82) is 0 Å². The Kier molecular flexibility index (Phi) is 8.34. The third kappa shape index (κ3) is 6.46. The lowest BCUT2D eigenvalue weighted by molar-refractivity contribution is 0.251. The first-order valence-corrected chi connectivity index (χ1v) is 11.9. The Labute approximate surface area is 205 Å². The third-order valence-electron chi connectivity index (χ3n) is 5.79. The van der Waals surface area contributed by atoms with Crippen LogP contribution in [0.1, 0.15) is 24.0 Å². The Morgan fingerprint density at radius 2 is 1.76 bits per heavy atom. The van der Waals surface area contributed by atoms with Crippen LogP contribution in [-0.2, 0) is 13.1 Å². The van der Waals surface area contributed by atoms with Crippen molar-refractivity contribution in [2.75, 3.05) is 25.5 Å². The summed E-state index contributed by atoms with van der Waals surface area (Å²) in [6.45, 7) is 3.27. The van der Waals surface area contributed by atoms with Gasteiger partial charge in [0.2, 0.25) is 0 Å². The first kappa shape index (κ1) is 24.0. The highest BCUT2D eigenvalue weighted by molar-refractivity contribution is 6.31. The number of unbranched alkanes of at least 4 members (excludes halogenated alkanes) is 1. The summed E-state index contributed by atoms with van der Waals surface area (Å²) in [6, 6.07) is 23.4. The standard InChI is InChI=1S/C28H29ClFN3O/c1-34-28-12-9-22(17-25(28)30)20-33(19-21-7-3-2-4-8-21)16-6-5-14-31-26-13-15-32-27-18-23(29)10-11-24(26)27/h2-4,7-13,15,17-18H,5-6,14,16,19-20H2,1H3,(H,31,32). The first-order valence-electron chi connectivity index (χ1n) is 11.5. The van der Waals surface area contributed by atoms with Gasteiger partial charge in [0, 0.05) is 41.9 Å². The van der Waals surface area contributed by atoms with E-state index < -0.39 is 0 Å². The molecule has 0 unspecified atom stereocenters. The lowest BCUT2D eigenvalue weighted by Crippen LogP contribution is -2.24. The van der Waals surface area contributed by atoms with E-state index in [1.165, 1.54) is 12.7 Å². The zero-order valence-electron chi connectivity index (χ0n) is 19.3. The quantitative estimate of drug-likeness (QED) is 0.238. The number of anilines is 1. The summed E-state index contributed by atoms with van der Waals surface area (Å²) in [6.07, 6.45) is 3.84. The zero-order valence-corrected chi connectivity index (χ0v) is 20.1. The Balaban J connectivity index is 1.34. The maximum atomic E-state index is 14.2. The summed E-state index contributed by atoms with van der Waals surface area (Å²) < 4.78 is 19.3. The SMILES string of the molecule is COc1ccc(CN(CCCCNc2ccnc3cc(Cl)ccc23)Cc2ccccc2)cc1F. The maximum Gasteiger partial charge on any atom is 0.165 e. The van der Waals surface area contributed by atoms with Crippen LogP contribution in [0.3, 0.4) is 0 Å². The number of ether oxygens (including phenoxy) is 1. The fourth-order valence-electron chi connectivity index (χ4n) is 4.08. The molecule has 0 radical (unpaired) electrons. The normalized spacial score (nSPS) is 11.2. The number of pyridine rings is 1. The number of benzene rings is 3. The van der Waals surface area contributed by atoms with Gasteiger partial charge in [-0.2, -0.15) is 0 Å². The van der Waals surface area contributed by atoms with E-state index in [2.05, 4.69) is 39.5 Å². The molecule has 1 aromatic heterocycles. The average Bonchev–Trinajstić information content (AvgIpc) is 2.84. The Bertz CT molecular complexity index is 1220. The Morgan fingerprint density at radius 3 is 2.56 bits per heavy atom. The Morgan fingerprint density at radius 1 is 0.941 bits per heavy atom. The largest absolute Gasteiger partial charge is 0.494 e. The van der Waals surface area contributed by atoms with E-state index in [1.54, 1.807) is 18.3 Å². The molecule has 176 valence electrons. The molecule has 6 heteroatoms. The number of hydrogen-bond donors (Lipinski definition) is 1. The number of rotatable bonds is 11. The van der Waals surface area contributed by atoms with Crippen molar-refractivity contribution in [2.24, 2.45) is 0 Å². The minimum absolute atomic E-state index is 0.273. The second kappa shape index (κ2) is 11.8. The van der Waals surface area contributed by atoms with Crippen LogP contribution in [0.2, 0.25) is 5.02 Å². The van der Waals surface area contributed by atoms with Gasteiger partial charge >= 0.3 is 0 Å². The van der Waals surface area contributed by atoms with Crippen molar-refractivity contribution < 1.29 is 9.13 Å². The number of nitrogens with one attached hydrogen (secondary N) is 1. The molecule has 0 fully saturated rings. The van der Waals surface area contributed by atoms with Gasteiger partial charge < -0.3 is 10.1 Å². The fraction of sp³-hybridized carbons (Fsp3) is 0.250. The van der Waals surface area contributed by atoms with Gasteiger partial charge in [0.05, 0.1) is 12.6 Å². The summed E-state index contributed by atoms with van der Waals surface area (Å²) in [5.41, 5.74) is 4.14. The summed E-state index contributed by atoms with van der Waals surface area (Å²) in [7, 11) is 1.48. The number of nitrogens with zero attached hydrogens (tertiary/aromatic N) is 2. The van der Waals surface area contributed by atoms with Gasteiger partial charge in [0.25, 0.3) is 0 Å². The van der Waals surface area contributed by atoms with Gasteiger partial charge in [0.15, 0.2) is 11.6 Å². The van der Waals surface area contributed by atoms with E-state index in [1.807, 2.05) is 36.4 Å². The second-order valence-corrected chi connectivity index (χ2v) is 8.76. The molecule has 1 heterocycles. The Hall–Kier alpha value is -3.15. The second-order valence-electron chi connectivity index (χ2n) is 8.32. The summed E-state index contributed by atoms with van der Waals surface area (Å²) in [5.74, 6) is -0.0509. The molecule has 0 saturated carbocycles. The smallest absolute Gasteiger partial charge is 0.165 e. The van der Waals surface area contributed by atoms with E-state index in [0.29, 0.717) is 11.6 Å². The molecule has 0 amide bonds. The van der Waals surface area contributed by atoms with Gasteiger partial charge in [0.1, 0.15) is 0 Å². The van der Waals surface area contributed by atoms with Crippen molar-refractivity contribution in [3.8, 4) is 5.75 Å². The predicted octanol–water partition coefficient (Wildman–Crippen LogP) is 6.93. The van der Waals surface area contributed by atoms with E-state index in [-0.39, 0.29) is 11.6 Å². The minimum atomic E-state index is -0.324. The number of halogens is 2. The van der Waals surface area contributed by atoms with Crippen molar-refractivity contribution in [1.82, 2.24) is 9.88 Å². The highest BCUT2D eigenvalue weighted by atomic mass is 35.5. The van der Waals surface area contributed by atoms with Crippen LogP contribution < -0.4 is 10.1 Å². The summed E-state index contributed by atoms with van der Waals surface area (Å²) in [5, 5.41) is 5.29. The van der Waals surface area contributed by atoms with E-state index >= 15 is 0 Å². The van der Waals surface area contributed by atoms with Gasteiger partial charge in [-0.1, -0.05) is 48.0 Å². The van der Waals surface area contributed by atoms with Crippen molar-refractivity contribution in [3.63, 3.8) is 0 Å². The van der Waals surface area contributed by atoms with Crippen LogP contribution in [0.4, 0.5) is 10.1 Å². The number of hydrogen-bond acceptors (Lipinski definition) is 4. The van der Waals surface area contributed by atoms with Crippen LogP contribution >= 0.6 is 11.6 Å². The highest BCUT2D eigenvalue weighted by Crippen LogP contribution is 2.24. The maximum absolute atomic E-state index is 14.2. The molecular formula is C28H29ClFN3O. The van der Waals surface area contributed by atoms with Crippen LogP contribution in [-0.4, -0.2) is 30.1 Å². The minimum Gasteiger partial charge on any atom is -0.494 e. The van der Waals surface area contributed by atoms with Crippen molar-refractivity contribution in [2.45, 2.75) is 25.9 Å². The van der Waals surface area contributed by atoms with Crippen LogP contribution in [0.15, 0.2) is 79.0 Å². The zero-order chi connectivity index (χ0) is 23.8. The molecule has 0 bridgehead atoms. The number of aromatic nitrogens is 1. The molecular weight excluding hydrogens is 449 g/mol. The van der Waals surface area contributed by atoms with E-state index in [4.69, 9.17) is 16.3 Å². The fourth-order valence-corrected chi connectivity index (χ4v) is 4.25. The molecule has 4 nitrogen and oxygen atoms in total. The summed E-state index contributed by atoms with van der Waals surface area (Å²) in [4.78, 5) is 6.76. The van der Waals surface area contributed by atoms with E-state index in [9.17, 15) is 4.39 Å². The third-order valence-corrected chi connectivity index (χ3v) is 6.03. The average molecular weight is 478 g/mol. The topological polar surface area (TPSA) is 37.4 Å².